The Hall–Kier alpha value is -1.33. The minimum atomic E-state index is -4.33. The number of hydrogen-bond acceptors (Lipinski definition) is 2. The molecule has 114 valence electrons. The molecule has 2 rings (SSSR count). The van der Waals surface area contributed by atoms with Crippen LogP contribution in [0.1, 0.15) is 36.2 Å². The molecular weight excluding hydrogens is 295 g/mol. The summed E-state index contributed by atoms with van der Waals surface area (Å²) in [5, 5.41) is 3.22. The van der Waals surface area contributed by atoms with Crippen LogP contribution < -0.4 is 5.32 Å². The summed E-state index contributed by atoms with van der Waals surface area (Å²) >= 11 is 1.43. The number of alkyl halides is 3. The Morgan fingerprint density at radius 1 is 1.14 bits per heavy atom. The van der Waals surface area contributed by atoms with Crippen LogP contribution in [0.25, 0.3) is 10.4 Å². The Morgan fingerprint density at radius 2 is 1.86 bits per heavy atom. The number of thiophene rings is 1. The first-order valence-electron chi connectivity index (χ1n) is 6.91. The van der Waals surface area contributed by atoms with Gasteiger partial charge >= 0.3 is 6.18 Å². The van der Waals surface area contributed by atoms with E-state index in [1.165, 1.54) is 23.5 Å². The molecule has 0 bridgehead atoms. The molecule has 1 aromatic heterocycles. The van der Waals surface area contributed by atoms with Crippen molar-refractivity contribution in [2.75, 3.05) is 7.05 Å². The summed E-state index contributed by atoms with van der Waals surface area (Å²) in [6.45, 7) is 2.10. The molecule has 0 saturated heterocycles. The SMILES string of the molecule is CCCC(NC)c1ccc(-c2ccccc2C(F)(F)F)s1. The van der Waals surface area contributed by atoms with Gasteiger partial charge in [0.05, 0.1) is 5.56 Å². The van der Waals surface area contributed by atoms with Crippen molar-refractivity contribution in [3.05, 3.63) is 46.8 Å². The number of rotatable bonds is 5. The molecule has 1 atom stereocenters. The van der Waals surface area contributed by atoms with Crippen LogP contribution in [0.15, 0.2) is 36.4 Å². The van der Waals surface area contributed by atoms with E-state index in [-0.39, 0.29) is 11.6 Å². The number of nitrogens with one attached hydrogen (secondary N) is 1. The van der Waals surface area contributed by atoms with Crippen LogP contribution in [-0.2, 0) is 6.18 Å². The van der Waals surface area contributed by atoms with Crippen molar-refractivity contribution < 1.29 is 13.2 Å². The molecular formula is C16H18F3NS. The second-order valence-electron chi connectivity index (χ2n) is 4.88. The van der Waals surface area contributed by atoms with Crippen LogP contribution >= 0.6 is 11.3 Å². The Bertz CT molecular complexity index is 589. The smallest absolute Gasteiger partial charge is 0.312 e. The molecule has 0 aliphatic heterocycles. The molecule has 0 amide bonds. The topological polar surface area (TPSA) is 12.0 Å². The molecule has 2 aromatic rings. The molecule has 5 heteroatoms. The Balaban J connectivity index is 2.38. The predicted molar refractivity (Wildman–Crippen MR) is 81.5 cm³/mol. The molecule has 0 radical (unpaired) electrons. The number of halogens is 3. The van der Waals surface area contributed by atoms with Gasteiger partial charge in [-0.25, -0.2) is 0 Å². The lowest BCUT2D eigenvalue weighted by molar-refractivity contribution is -0.137. The van der Waals surface area contributed by atoms with Crippen molar-refractivity contribution in [3.63, 3.8) is 0 Å². The first-order valence-corrected chi connectivity index (χ1v) is 7.72. The van der Waals surface area contributed by atoms with Crippen molar-refractivity contribution in [2.24, 2.45) is 0 Å². The van der Waals surface area contributed by atoms with Crippen LogP contribution in [0.2, 0.25) is 0 Å². The molecule has 1 nitrogen and oxygen atoms in total. The third-order valence-electron chi connectivity index (χ3n) is 3.39. The zero-order valence-corrected chi connectivity index (χ0v) is 12.8. The van der Waals surface area contributed by atoms with Crippen LogP contribution in [0.5, 0.6) is 0 Å². The van der Waals surface area contributed by atoms with Gasteiger partial charge in [0, 0.05) is 21.4 Å². The third kappa shape index (κ3) is 3.66. The zero-order chi connectivity index (χ0) is 15.5. The summed E-state index contributed by atoms with van der Waals surface area (Å²) < 4.78 is 39.2. The molecule has 0 spiro atoms. The average molecular weight is 313 g/mol. The Kier molecular flexibility index (Phi) is 5.06. The molecule has 0 saturated carbocycles. The normalized spacial score (nSPS) is 13.4. The Morgan fingerprint density at radius 3 is 2.48 bits per heavy atom. The lowest BCUT2D eigenvalue weighted by Crippen LogP contribution is -2.14. The molecule has 0 aliphatic carbocycles. The minimum absolute atomic E-state index is 0.201. The van der Waals surface area contributed by atoms with Gasteiger partial charge in [-0.15, -0.1) is 11.3 Å². The molecule has 0 aliphatic rings. The lowest BCUT2D eigenvalue weighted by Gasteiger charge is -2.13. The summed E-state index contributed by atoms with van der Waals surface area (Å²) in [5.41, 5.74) is -0.317. The van der Waals surface area contributed by atoms with Crippen LogP contribution in [-0.4, -0.2) is 7.05 Å². The van der Waals surface area contributed by atoms with Crippen molar-refractivity contribution >= 4 is 11.3 Å². The molecule has 21 heavy (non-hydrogen) atoms. The standard InChI is InChI=1S/C16H18F3NS/c1-3-6-13(20-2)15-10-9-14(21-15)11-7-4-5-8-12(11)16(17,18)19/h4-5,7-10,13,20H,3,6H2,1-2H3. The predicted octanol–water partition coefficient (Wildman–Crippen LogP) is 5.49. The summed E-state index contributed by atoms with van der Waals surface area (Å²) in [6.07, 6.45) is -2.33. The fourth-order valence-corrected chi connectivity index (χ4v) is 3.54. The summed E-state index contributed by atoms with van der Waals surface area (Å²) in [5.74, 6) is 0. The van der Waals surface area contributed by atoms with E-state index in [0.29, 0.717) is 4.88 Å². The van der Waals surface area contributed by atoms with Gasteiger partial charge < -0.3 is 5.32 Å². The summed E-state index contributed by atoms with van der Waals surface area (Å²) in [6, 6.07) is 9.64. The van der Waals surface area contributed by atoms with Crippen LogP contribution in [0, 0.1) is 0 Å². The van der Waals surface area contributed by atoms with E-state index in [1.807, 2.05) is 13.1 Å². The van der Waals surface area contributed by atoms with Gasteiger partial charge in [0.2, 0.25) is 0 Å². The van der Waals surface area contributed by atoms with E-state index in [2.05, 4.69) is 12.2 Å². The van der Waals surface area contributed by atoms with Gasteiger partial charge in [-0.3, -0.25) is 0 Å². The van der Waals surface area contributed by atoms with E-state index in [1.54, 1.807) is 12.1 Å². The van der Waals surface area contributed by atoms with Gasteiger partial charge in [0.1, 0.15) is 0 Å². The summed E-state index contributed by atoms with van der Waals surface area (Å²) in [4.78, 5) is 1.74. The van der Waals surface area contributed by atoms with E-state index >= 15 is 0 Å². The maximum Gasteiger partial charge on any atom is 0.417 e. The van der Waals surface area contributed by atoms with E-state index in [9.17, 15) is 13.2 Å². The van der Waals surface area contributed by atoms with E-state index < -0.39 is 11.7 Å². The fourth-order valence-electron chi connectivity index (χ4n) is 2.35. The number of benzene rings is 1. The largest absolute Gasteiger partial charge is 0.417 e. The number of hydrogen-bond donors (Lipinski definition) is 1. The lowest BCUT2D eigenvalue weighted by atomic mass is 10.1. The minimum Gasteiger partial charge on any atom is -0.312 e. The van der Waals surface area contributed by atoms with Gasteiger partial charge in [0.15, 0.2) is 0 Å². The summed E-state index contributed by atoms with van der Waals surface area (Å²) in [7, 11) is 1.88. The van der Waals surface area contributed by atoms with Crippen LogP contribution in [0.3, 0.4) is 0 Å². The highest BCUT2D eigenvalue weighted by Crippen LogP contribution is 2.40. The van der Waals surface area contributed by atoms with Crippen molar-refractivity contribution in [3.8, 4) is 10.4 Å². The first-order chi connectivity index (χ1) is 9.97. The molecule has 1 aromatic carbocycles. The first kappa shape index (κ1) is 16.0. The highest BCUT2D eigenvalue weighted by Gasteiger charge is 2.33. The zero-order valence-electron chi connectivity index (χ0n) is 12.0. The highest BCUT2D eigenvalue weighted by atomic mass is 32.1. The molecule has 1 N–H and O–H groups in total. The van der Waals surface area contributed by atoms with E-state index in [0.717, 1.165) is 23.8 Å². The second kappa shape index (κ2) is 6.62. The molecule has 1 unspecified atom stereocenters. The van der Waals surface area contributed by atoms with Gasteiger partial charge in [-0.2, -0.15) is 13.2 Å². The van der Waals surface area contributed by atoms with Gasteiger partial charge in [-0.1, -0.05) is 31.5 Å². The van der Waals surface area contributed by atoms with Gasteiger partial charge in [-0.05, 0) is 31.7 Å². The maximum absolute atomic E-state index is 13.1. The fraction of sp³-hybridized carbons (Fsp3) is 0.375. The van der Waals surface area contributed by atoms with Crippen LogP contribution in [0.4, 0.5) is 13.2 Å². The Labute approximate surface area is 126 Å². The molecule has 0 fully saturated rings. The quantitative estimate of drug-likeness (QED) is 0.769. The molecule has 1 heterocycles. The van der Waals surface area contributed by atoms with Crippen molar-refractivity contribution in [2.45, 2.75) is 32.0 Å². The van der Waals surface area contributed by atoms with E-state index in [4.69, 9.17) is 0 Å². The second-order valence-corrected chi connectivity index (χ2v) is 5.99. The van der Waals surface area contributed by atoms with Gasteiger partial charge in [0.25, 0.3) is 0 Å². The van der Waals surface area contributed by atoms with Crippen molar-refractivity contribution in [1.29, 1.82) is 0 Å². The highest BCUT2D eigenvalue weighted by molar-refractivity contribution is 7.15. The van der Waals surface area contributed by atoms with Crippen molar-refractivity contribution in [1.82, 2.24) is 5.32 Å². The monoisotopic (exact) mass is 313 g/mol. The maximum atomic E-state index is 13.1. The average Bonchev–Trinajstić information content (AvgIpc) is 2.93. The third-order valence-corrected chi connectivity index (χ3v) is 4.63.